The lowest BCUT2D eigenvalue weighted by Crippen LogP contribution is -2.37. The van der Waals surface area contributed by atoms with Crippen LogP contribution in [0.3, 0.4) is 0 Å². The third kappa shape index (κ3) is 2.98. The summed E-state index contributed by atoms with van der Waals surface area (Å²) in [6, 6.07) is -0.00319. The summed E-state index contributed by atoms with van der Waals surface area (Å²) in [7, 11) is 0. The van der Waals surface area contributed by atoms with Crippen LogP contribution in [0.4, 0.5) is 8.78 Å². The predicted molar refractivity (Wildman–Crippen MR) is 60.7 cm³/mol. The van der Waals surface area contributed by atoms with Crippen LogP contribution in [0.25, 0.3) is 0 Å². The van der Waals surface area contributed by atoms with Gasteiger partial charge in [-0.2, -0.15) is 0 Å². The summed E-state index contributed by atoms with van der Waals surface area (Å²) in [5, 5.41) is 0. The fourth-order valence-corrected chi connectivity index (χ4v) is 2.90. The molecule has 1 unspecified atom stereocenters. The molecule has 0 spiro atoms. The number of hydrogen-bond donors (Lipinski definition) is 1. The summed E-state index contributed by atoms with van der Waals surface area (Å²) in [5.74, 6) is -2.22. The van der Waals surface area contributed by atoms with Crippen LogP contribution in [-0.4, -0.2) is 16.9 Å². The molecule has 0 bridgehead atoms. The molecule has 1 aromatic rings. The second-order valence-electron chi connectivity index (χ2n) is 4.53. The molecule has 2 rings (SSSR count). The van der Waals surface area contributed by atoms with Gasteiger partial charge in [0.15, 0.2) is 0 Å². The van der Waals surface area contributed by atoms with E-state index in [9.17, 15) is 8.78 Å². The second-order valence-corrected chi connectivity index (χ2v) is 5.50. The molecule has 1 saturated carbocycles. The summed E-state index contributed by atoms with van der Waals surface area (Å²) in [6.07, 6.45) is 3.66. The molecular formula is C11H16F2N2S. The molecule has 1 fully saturated rings. The van der Waals surface area contributed by atoms with Gasteiger partial charge in [0, 0.05) is 30.0 Å². The predicted octanol–water partition coefficient (Wildman–Crippen LogP) is 2.84. The molecular weight excluding hydrogens is 230 g/mol. The van der Waals surface area contributed by atoms with Gasteiger partial charge in [-0.1, -0.05) is 0 Å². The van der Waals surface area contributed by atoms with Crippen LogP contribution in [0.2, 0.25) is 0 Å². The van der Waals surface area contributed by atoms with Gasteiger partial charge in [0.05, 0.1) is 5.51 Å². The molecule has 1 atom stereocenters. The molecule has 1 heterocycles. The Morgan fingerprint density at radius 2 is 2.19 bits per heavy atom. The molecule has 0 aliphatic heterocycles. The number of nitrogens with two attached hydrogens (primary N) is 1. The van der Waals surface area contributed by atoms with Crippen molar-refractivity contribution >= 4 is 11.3 Å². The third-order valence-electron chi connectivity index (χ3n) is 3.29. The number of aromatic nitrogens is 1. The Morgan fingerprint density at radius 1 is 1.50 bits per heavy atom. The number of hydrogen-bond acceptors (Lipinski definition) is 3. The molecule has 0 saturated heterocycles. The van der Waals surface area contributed by atoms with Crippen molar-refractivity contribution in [1.82, 2.24) is 4.98 Å². The molecule has 1 aliphatic rings. The number of alkyl halides is 2. The highest BCUT2D eigenvalue weighted by molar-refractivity contribution is 7.09. The van der Waals surface area contributed by atoms with Gasteiger partial charge < -0.3 is 5.73 Å². The van der Waals surface area contributed by atoms with Crippen LogP contribution in [0, 0.1) is 5.92 Å². The molecule has 0 amide bonds. The zero-order valence-electron chi connectivity index (χ0n) is 9.03. The lowest BCUT2D eigenvalue weighted by atomic mass is 9.81. The van der Waals surface area contributed by atoms with E-state index < -0.39 is 5.92 Å². The van der Waals surface area contributed by atoms with E-state index in [0.717, 1.165) is 11.3 Å². The average Bonchev–Trinajstić information content (AvgIpc) is 2.70. The van der Waals surface area contributed by atoms with Gasteiger partial charge in [-0.15, -0.1) is 11.3 Å². The first kappa shape index (κ1) is 11.9. The van der Waals surface area contributed by atoms with E-state index in [2.05, 4.69) is 4.98 Å². The maximum Gasteiger partial charge on any atom is 0.248 e. The monoisotopic (exact) mass is 246 g/mol. The lowest BCUT2D eigenvalue weighted by molar-refractivity contribution is -0.0481. The van der Waals surface area contributed by atoms with Gasteiger partial charge in [-0.3, -0.25) is 4.98 Å². The Labute approximate surface area is 97.9 Å². The smallest absolute Gasteiger partial charge is 0.248 e. The summed E-state index contributed by atoms with van der Waals surface area (Å²) >= 11 is 1.58. The largest absolute Gasteiger partial charge is 0.327 e. The Kier molecular flexibility index (Phi) is 3.54. The first-order valence-corrected chi connectivity index (χ1v) is 6.45. The van der Waals surface area contributed by atoms with Crippen LogP contribution >= 0.6 is 11.3 Å². The highest BCUT2D eigenvalue weighted by Crippen LogP contribution is 2.37. The molecule has 16 heavy (non-hydrogen) atoms. The van der Waals surface area contributed by atoms with Crippen molar-refractivity contribution in [3.63, 3.8) is 0 Å². The van der Waals surface area contributed by atoms with Crippen molar-refractivity contribution in [2.75, 3.05) is 0 Å². The number of nitrogens with zero attached hydrogens (tertiary/aromatic N) is 1. The van der Waals surface area contributed by atoms with Crippen molar-refractivity contribution in [1.29, 1.82) is 0 Å². The standard InChI is InChI=1S/C11H16F2N2S/c12-11(13)3-1-8(2-4-11)10(14)5-9-6-15-7-16-9/h6-8,10H,1-5,14H2. The number of thiazole rings is 1. The SMILES string of the molecule is NC(Cc1cncs1)C1CCC(F)(F)CC1. The van der Waals surface area contributed by atoms with E-state index in [-0.39, 0.29) is 24.8 Å². The Morgan fingerprint density at radius 3 is 2.75 bits per heavy atom. The zero-order chi connectivity index (χ0) is 11.6. The maximum atomic E-state index is 13.0. The Hall–Kier alpha value is -0.550. The van der Waals surface area contributed by atoms with Crippen LogP contribution in [0.1, 0.15) is 30.6 Å². The fraction of sp³-hybridized carbons (Fsp3) is 0.727. The van der Waals surface area contributed by atoms with E-state index in [1.54, 1.807) is 16.8 Å². The van der Waals surface area contributed by atoms with Crippen LogP contribution < -0.4 is 5.73 Å². The molecule has 0 aromatic carbocycles. The Balaban J connectivity index is 1.85. The fourth-order valence-electron chi connectivity index (χ4n) is 2.23. The van der Waals surface area contributed by atoms with Crippen LogP contribution in [-0.2, 0) is 6.42 Å². The topological polar surface area (TPSA) is 38.9 Å². The van der Waals surface area contributed by atoms with Gasteiger partial charge >= 0.3 is 0 Å². The molecule has 5 heteroatoms. The van der Waals surface area contributed by atoms with E-state index in [1.165, 1.54) is 0 Å². The minimum atomic E-state index is -2.46. The summed E-state index contributed by atoms with van der Waals surface area (Å²) in [5.41, 5.74) is 7.84. The quantitative estimate of drug-likeness (QED) is 0.890. The van der Waals surface area contributed by atoms with Gasteiger partial charge in [-0.05, 0) is 25.2 Å². The van der Waals surface area contributed by atoms with Gasteiger partial charge in [0.2, 0.25) is 5.92 Å². The van der Waals surface area contributed by atoms with Crippen molar-refractivity contribution in [2.24, 2.45) is 11.7 Å². The minimum Gasteiger partial charge on any atom is -0.327 e. The number of rotatable bonds is 3. The summed E-state index contributed by atoms with van der Waals surface area (Å²) < 4.78 is 25.9. The zero-order valence-corrected chi connectivity index (χ0v) is 9.85. The van der Waals surface area contributed by atoms with E-state index >= 15 is 0 Å². The van der Waals surface area contributed by atoms with Crippen molar-refractivity contribution < 1.29 is 8.78 Å². The summed E-state index contributed by atoms with van der Waals surface area (Å²) in [6.45, 7) is 0. The Bertz CT molecular complexity index is 317. The molecule has 0 radical (unpaired) electrons. The van der Waals surface area contributed by atoms with Crippen LogP contribution in [0.15, 0.2) is 11.7 Å². The molecule has 2 nitrogen and oxygen atoms in total. The average molecular weight is 246 g/mol. The highest BCUT2D eigenvalue weighted by atomic mass is 32.1. The van der Waals surface area contributed by atoms with Crippen molar-refractivity contribution in [3.8, 4) is 0 Å². The molecule has 2 N–H and O–H groups in total. The van der Waals surface area contributed by atoms with Gasteiger partial charge in [-0.25, -0.2) is 8.78 Å². The minimum absolute atomic E-state index is 0.00319. The van der Waals surface area contributed by atoms with E-state index in [4.69, 9.17) is 5.73 Å². The van der Waals surface area contributed by atoms with E-state index in [0.29, 0.717) is 12.8 Å². The van der Waals surface area contributed by atoms with Gasteiger partial charge in [0.1, 0.15) is 0 Å². The second kappa shape index (κ2) is 4.75. The molecule has 90 valence electrons. The maximum absolute atomic E-state index is 13.0. The lowest BCUT2D eigenvalue weighted by Gasteiger charge is -2.31. The molecule has 1 aromatic heterocycles. The first-order chi connectivity index (χ1) is 7.57. The molecule has 1 aliphatic carbocycles. The van der Waals surface area contributed by atoms with Gasteiger partial charge in [0.25, 0.3) is 0 Å². The van der Waals surface area contributed by atoms with Crippen molar-refractivity contribution in [3.05, 3.63) is 16.6 Å². The normalized spacial score (nSPS) is 23.2. The summed E-state index contributed by atoms with van der Waals surface area (Å²) in [4.78, 5) is 5.13. The third-order valence-corrected chi connectivity index (χ3v) is 4.09. The van der Waals surface area contributed by atoms with E-state index in [1.807, 2.05) is 6.20 Å². The van der Waals surface area contributed by atoms with Crippen LogP contribution in [0.5, 0.6) is 0 Å². The highest BCUT2D eigenvalue weighted by Gasteiger charge is 2.36. The first-order valence-electron chi connectivity index (χ1n) is 5.57. The van der Waals surface area contributed by atoms with Crippen molar-refractivity contribution in [2.45, 2.75) is 44.1 Å². The number of halogens is 2.